The first-order valence-electron chi connectivity index (χ1n) is 12.4. The van der Waals surface area contributed by atoms with Crippen LogP contribution in [0.2, 0.25) is 0 Å². The molecule has 4 rings (SSSR count). The molecule has 0 aromatic carbocycles. The quantitative estimate of drug-likeness (QED) is 0.328. The molecule has 2 fully saturated rings. The summed E-state index contributed by atoms with van der Waals surface area (Å²) in [6, 6.07) is -0.833. The number of aliphatic hydroxyl groups is 1. The fourth-order valence-electron chi connectivity index (χ4n) is 5.11. The summed E-state index contributed by atoms with van der Waals surface area (Å²) in [4.78, 5) is 50.6. The molecule has 0 saturated carbocycles. The molecule has 2 saturated heterocycles. The van der Waals surface area contributed by atoms with Gasteiger partial charge in [0.1, 0.15) is 18.5 Å². The van der Waals surface area contributed by atoms with Gasteiger partial charge in [0, 0.05) is 40.3 Å². The van der Waals surface area contributed by atoms with Crippen molar-refractivity contribution in [2.24, 2.45) is 19.1 Å². The van der Waals surface area contributed by atoms with E-state index in [2.05, 4.69) is 4.90 Å². The predicted octanol–water partition coefficient (Wildman–Crippen LogP) is 0.309. The molecule has 0 radical (unpaired) electrons. The monoisotopic (exact) mass is 501 g/mol. The standard InChI is InChI=1S/C24H35N7O5/c1-15(2)9-12-31-19-20(27(3)24(36)28(4)21(19)33)26-23(31)29-10-5-7-16(13-29)25-18(14-32)30-11-6-8-17(30)22(34)35/h9,16-17,32H,5-8,10-14H2,1-4H3,(H,34,35). The number of aliphatic hydroxyl groups excluding tert-OH is 1. The number of fused-ring (bicyclic) bond motifs is 1. The second kappa shape index (κ2) is 10.3. The second-order valence-electron chi connectivity index (χ2n) is 9.82. The number of hydrogen-bond acceptors (Lipinski definition) is 7. The minimum Gasteiger partial charge on any atom is -0.480 e. The summed E-state index contributed by atoms with van der Waals surface area (Å²) in [5.41, 5.74) is 0.977. The lowest BCUT2D eigenvalue weighted by Crippen LogP contribution is -2.44. The van der Waals surface area contributed by atoms with Gasteiger partial charge in [-0.3, -0.25) is 18.9 Å². The highest BCUT2D eigenvalue weighted by Crippen LogP contribution is 2.25. The maximum absolute atomic E-state index is 13.1. The minimum atomic E-state index is -0.904. The van der Waals surface area contributed by atoms with E-state index in [-0.39, 0.29) is 12.6 Å². The SMILES string of the molecule is CC(C)=CCn1c(N2CCCC(N=C(CO)N3CCCC3C(=O)O)C2)nc2c1c(=O)n(C)c(=O)n2C. The molecule has 2 aliphatic rings. The van der Waals surface area contributed by atoms with Crippen molar-refractivity contribution < 1.29 is 15.0 Å². The summed E-state index contributed by atoms with van der Waals surface area (Å²) in [5, 5.41) is 19.5. The number of carbonyl (C=O) groups is 1. The third kappa shape index (κ3) is 4.69. The van der Waals surface area contributed by atoms with Crippen LogP contribution in [0.25, 0.3) is 11.2 Å². The maximum atomic E-state index is 13.1. The molecule has 2 aromatic rings. The largest absolute Gasteiger partial charge is 0.480 e. The van der Waals surface area contributed by atoms with Gasteiger partial charge in [-0.15, -0.1) is 0 Å². The summed E-state index contributed by atoms with van der Waals surface area (Å²) in [6.07, 6.45) is 4.90. The van der Waals surface area contributed by atoms with Crippen LogP contribution in [-0.4, -0.2) is 83.9 Å². The van der Waals surface area contributed by atoms with Gasteiger partial charge in [0.05, 0.1) is 6.04 Å². The highest BCUT2D eigenvalue weighted by Gasteiger charge is 2.33. The number of rotatable bonds is 6. The molecule has 0 spiro atoms. The van der Waals surface area contributed by atoms with Crippen LogP contribution in [0, 0.1) is 0 Å². The van der Waals surface area contributed by atoms with E-state index in [0.29, 0.717) is 55.5 Å². The van der Waals surface area contributed by atoms with Gasteiger partial charge in [-0.05, 0) is 39.5 Å². The fourth-order valence-corrected chi connectivity index (χ4v) is 5.11. The third-order valence-corrected chi connectivity index (χ3v) is 7.03. The fraction of sp³-hybridized carbons (Fsp3) is 0.625. The van der Waals surface area contributed by atoms with Crippen molar-refractivity contribution in [1.29, 1.82) is 0 Å². The Hall–Kier alpha value is -3.41. The number of aromatic nitrogens is 4. The minimum absolute atomic E-state index is 0.167. The molecule has 12 nitrogen and oxygen atoms in total. The Balaban J connectivity index is 1.73. The molecule has 2 atom stereocenters. The van der Waals surface area contributed by atoms with Crippen LogP contribution in [0.5, 0.6) is 0 Å². The van der Waals surface area contributed by atoms with Crippen molar-refractivity contribution in [1.82, 2.24) is 23.6 Å². The second-order valence-corrected chi connectivity index (χ2v) is 9.82. The molecule has 0 bridgehead atoms. The van der Waals surface area contributed by atoms with Crippen LogP contribution >= 0.6 is 0 Å². The first kappa shape index (κ1) is 25.7. The molecule has 2 N–H and O–H groups in total. The first-order chi connectivity index (χ1) is 17.1. The lowest BCUT2D eigenvalue weighted by atomic mass is 10.1. The third-order valence-electron chi connectivity index (χ3n) is 7.03. The number of piperidine rings is 1. The molecule has 2 unspecified atom stereocenters. The van der Waals surface area contributed by atoms with E-state index >= 15 is 0 Å². The van der Waals surface area contributed by atoms with E-state index in [0.717, 1.165) is 29.4 Å². The maximum Gasteiger partial charge on any atom is 0.332 e. The van der Waals surface area contributed by atoms with Gasteiger partial charge in [-0.2, -0.15) is 4.98 Å². The van der Waals surface area contributed by atoms with Gasteiger partial charge in [-0.25, -0.2) is 9.59 Å². The summed E-state index contributed by atoms with van der Waals surface area (Å²) >= 11 is 0. The molecule has 0 aliphatic carbocycles. The van der Waals surface area contributed by atoms with E-state index in [1.165, 1.54) is 11.6 Å². The number of likely N-dealkylation sites (tertiary alicyclic amines) is 1. The average molecular weight is 502 g/mol. The van der Waals surface area contributed by atoms with E-state index in [1.54, 1.807) is 11.9 Å². The number of imidazole rings is 1. The Kier molecular flexibility index (Phi) is 7.34. The average Bonchev–Trinajstić information content (AvgIpc) is 3.49. The molecule has 12 heteroatoms. The van der Waals surface area contributed by atoms with Gasteiger partial charge in [-0.1, -0.05) is 11.6 Å². The smallest absolute Gasteiger partial charge is 0.332 e. The Morgan fingerprint density at radius 2 is 1.86 bits per heavy atom. The number of allylic oxidation sites excluding steroid dienone is 2. The van der Waals surface area contributed by atoms with Crippen LogP contribution in [0.4, 0.5) is 5.95 Å². The lowest BCUT2D eigenvalue weighted by Gasteiger charge is -2.33. The number of aliphatic imine (C=N–C) groups is 1. The van der Waals surface area contributed by atoms with Crippen LogP contribution in [0.15, 0.2) is 26.2 Å². The van der Waals surface area contributed by atoms with Crippen LogP contribution in [0.1, 0.15) is 39.5 Å². The van der Waals surface area contributed by atoms with Crippen molar-refractivity contribution in [3.63, 3.8) is 0 Å². The first-order valence-corrected chi connectivity index (χ1v) is 12.4. The highest BCUT2D eigenvalue weighted by molar-refractivity contribution is 5.88. The number of nitrogens with zero attached hydrogens (tertiary/aromatic N) is 7. The normalized spacial score (nSPS) is 20.9. The number of anilines is 1. The van der Waals surface area contributed by atoms with Crippen molar-refractivity contribution in [2.45, 2.75) is 58.2 Å². The Bertz CT molecular complexity index is 1330. The van der Waals surface area contributed by atoms with Crippen LogP contribution < -0.4 is 16.1 Å². The molecule has 0 amide bonds. The molecule has 2 aliphatic heterocycles. The number of amidine groups is 1. The Morgan fingerprint density at radius 3 is 2.53 bits per heavy atom. The molecular formula is C24H35N7O5. The molecule has 2 aromatic heterocycles. The van der Waals surface area contributed by atoms with Gasteiger partial charge in [0.2, 0.25) is 5.95 Å². The number of aryl methyl sites for hydroxylation is 1. The molecule has 4 heterocycles. The topological polar surface area (TPSA) is 138 Å². The summed E-state index contributed by atoms with van der Waals surface area (Å²) < 4.78 is 4.34. The molecular weight excluding hydrogens is 466 g/mol. The van der Waals surface area contributed by atoms with Crippen LogP contribution in [0.3, 0.4) is 0 Å². The zero-order chi connectivity index (χ0) is 26.1. The Morgan fingerprint density at radius 1 is 1.14 bits per heavy atom. The number of carboxylic acids is 1. The van der Waals surface area contributed by atoms with Crippen molar-refractivity contribution in [2.75, 3.05) is 31.1 Å². The van der Waals surface area contributed by atoms with Gasteiger partial charge in [0.15, 0.2) is 11.2 Å². The van der Waals surface area contributed by atoms with Crippen LogP contribution in [-0.2, 0) is 25.4 Å². The van der Waals surface area contributed by atoms with Gasteiger partial charge < -0.3 is 24.6 Å². The lowest BCUT2D eigenvalue weighted by molar-refractivity contribution is -0.140. The van der Waals surface area contributed by atoms with Gasteiger partial charge >= 0.3 is 11.7 Å². The number of aliphatic carboxylic acids is 1. The number of hydrogen-bond donors (Lipinski definition) is 2. The van der Waals surface area contributed by atoms with Crippen molar-refractivity contribution >= 4 is 28.9 Å². The van der Waals surface area contributed by atoms with E-state index in [4.69, 9.17) is 9.98 Å². The summed E-state index contributed by atoms with van der Waals surface area (Å²) in [5.74, 6) is 0.0935. The molecule has 196 valence electrons. The van der Waals surface area contributed by atoms with Gasteiger partial charge in [0.25, 0.3) is 5.56 Å². The van der Waals surface area contributed by atoms with E-state index < -0.39 is 23.3 Å². The van der Waals surface area contributed by atoms with E-state index in [9.17, 15) is 24.6 Å². The van der Waals surface area contributed by atoms with Crippen molar-refractivity contribution in [3.8, 4) is 0 Å². The number of carboxylic acid groups (broad SMARTS) is 1. The Labute approximate surface area is 208 Å². The predicted molar refractivity (Wildman–Crippen MR) is 137 cm³/mol. The highest BCUT2D eigenvalue weighted by atomic mass is 16.4. The summed E-state index contributed by atoms with van der Waals surface area (Å²) in [6.45, 7) is 5.84. The zero-order valence-corrected chi connectivity index (χ0v) is 21.3. The van der Waals surface area contributed by atoms with E-state index in [1.807, 2.05) is 24.5 Å². The molecule has 36 heavy (non-hydrogen) atoms. The summed E-state index contributed by atoms with van der Waals surface area (Å²) in [7, 11) is 3.07. The van der Waals surface area contributed by atoms with Crippen molar-refractivity contribution in [3.05, 3.63) is 32.5 Å². The zero-order valence-electron chi connectivity index (χ0n) is 21.3.